The summed E-state index contributed by atoms with van der Waals surface area (Å²) in [6, 6.07) is 0. The van der Waals surface area contributed by atoms with E-state index >= 15 is 0 Å². The second kappa shape index (κ2) is 16.0. The molecule has 0 saturated heterocycles. The maximum absolute atomic E-state index is 6.63. The Labute approximate surface area is 74.0 Å². The Morgan fingerprint density at radius 2 is 1.44 bits per heavy atom. The van der Waals surface area contributed by atoms with Gasteiger partial charge in [-0.3, -0.25) is 0 Å². The molecule has 0 saturated carbocycles. The van der Waals surface area contributed by atoms with Crippen LogP contribution in [0.4, 0.5) is 0 Å². The average molecular weight is 375 g/mol. The number of nitrogens with zero attached hydrogens (tertiary/aromatic N) is 1. The van der Waals surface area contributed by atoms with Gasteiger partial charge in [-0.05, 0) is 0 Å². The summed E-state index contributed by atoms with van der Waals surface area (Å²) in [5.41, 5.74) is 13.3. The van der Waals surface area contributed by atoms with E-state index < -0.39 is 0 Å². The molecule has 0 aliphatic heterocycles. The van der Waals surface area contributed by atoms with Gasteiger partial charge in [-0.15, -0.1) is 0 Å². The summed E-state index contributed by atoms with van der Waals surface area (Å²) < 4.78 is 0. The van der Waals surface area contributed by atoms with Gasteiger partial charge in [0, 0.05) is 0 Å². The van der Waals surface area contributed by atoms with Crippen molar-refractivity contribution in [2.75, 3.05) is 26.2 Å². The van der Waals surface area contributed by atoms with Crippen molar-refractivity contribution in [1.29, 1.82) is 0 Å². The summed E-state index contributed by atoms with van der Waals surface area (Å²) >= 11 is 4.86. The molecule has 0 aromatic carbocycles. The van der Waals surface area contributed by atoms with Gasteiger partial charge in [0.15, 0.2) is 0 Å². The van der Waals surface area contributed by atoms with Crippen molar-refractivity contribution < 1.29 is 17.8 Å². The molecule has 9 heavy (non-hydrogen) atoms. The van der Waals surface area contributed by atoms with Crippen LogP contribution in [-0.4, -0.2) is 26.2 Å². The van der Waals surface area contributed by atoms with Crippen molar-refractivity contribution in [2.45, 2.75) is 0 Å². The quantitative estimate of drug-likeness (QED) is 0.678. The fraction of sp³-hybridized carbons (Fsp3) is 1.00. The molecular weight excluding hydrogens is 365 g/mol. The van der Waals surface area contributed by atoms with Crippen LogP contribution in [0.3, 0.4) is 0 Å². The van der Waals surface area contributed by atoms with Crippen LogP contribution in [0.25, 0.3) is 16.8 Å². The van der Waals surface area contributed by atoms with Gasteiger partial charge in [0.2, 0.25) is 0 Å². The molecule has 61 valence electrons. The first-order chi connectivity index (χ1) is 4.41. The van der Waals surface area contributed by atoms with E-state index in [1.165, 1.54) is 0 Å². The first-order valence-electron chi connectivity index (χ1n) is 2.46. The molecule has 3 nitrogen and oxygen atoms in total. The molecule has 0 amide bonds. The summed E-state index contributed by atoms with van der Waals surface area (Å²) in [5.74, 6) is 0. The molecule has 0 unspecified atom stereocenters. The van der Waals surface area contributed by atoms with E-state index in [-0.39, 0.29) is 0 Å². The summed E-state index contributed by atoms with van der Waals surface area (Å²) in [5, 5.41) is 3.83. The third kappa shape index (κ3) is 17.6. The van der Waals surface area contributed by atoms with Gasteiger partial charge in [-0.25, -0.2) is 0 Å². The third-order valence-electron chi connectivity index (χ3n) is 0.540. The fourth-order valence-corrected chi connectivity index (χ4v) is 0.270. The first kappa shape index (κ1) is 12.7. The van der Waals surface area contributed by atoms with E-state index in [1.807, 2.05) is 17.8 Å². The molecule has 0 rings (SSSR count). The second-order valence-corrected chi connectivity index (χ2v) is 1.17. The van der Waals surface area contributed by atoms with E-state index in [2.05, 4.69) is 18.6 Å². The van der Waals surface area contributed by atoms with Crippen LogP contribution < -0.4 is 0 Å². The molecule has 0 spiro atoms. The predicted molar refractivity (Wildman–Crippen MR) is 40.4 cm³/mol. The smallest absolute Gasteiger partial charge is 0.169 e. The molecule has 0 aromatic rings. The van der Waals surface area contributed by atoms with Gasteiger partial charge in [0.05, 0.1) is 0 Å². The first-order valence-corrected chi connectivity index (χ1v) is 7.42. The minimum Gasteiger partial charge on any atom is -0.679 e. The van der Waals surface area contributed by atoms with Crippen molar-refractivity contribution in [2.24, 2.45) is 0 Å². The van der Waals surface area contributed by atoms with Crippen molar-refractivity contribution >= 4 is 13.3 Å². The van der Waals surface area contributed by atoms with E-state index in [9.17, 15) is 0 Å². The van der Waals surface area contributed by atoms with Crippen LogP contribution in [0, 0.1) is 0 Å². The largest absolute Gasteiger partial charge is 0.679 e. The van der Waals surface area contributed by atoms with Crippen LogP contribution in [0.1, 0.15) is 0 Å². The molecule has 0 atom stereocenters. The van der Waals surface area contributed by atoms with E-state index in [1.54, 1.807) is 0 Å². The monoisotopic (exact) mass is 374 g/mol. The number of hydrogen-bond donors (Lipinski definition) is 0. The zero-order chi connectivity index (χ0) is 7.54. The van der Waals surface area contributed by atoms with Gasteiger partial charge < -0.3 is 16.8 Å². The number of rotatable bonds is 4. The third-order valence-corrected chi connectivity index (χ3v) is 0.540. The topological polar surface area (TPSA) is 61.7 Å². The van der Waals surface area contributed by atoms with E-state index in [0.717, 1.165) is 0 Å². The Hall–Kier alpha value is 1.05. The normalized spacial score (nSPS) is 8.11. The number of nitrogens with one attached hydrogen (secondary N) is 2. The Morgan fingerprint density at radius 1 is 1.11 bits per heavy atom. The average Bonchev–Trinajstić information content (AvgIpc) is 1.94. The van der Waals surface area contributed by atoms with Gasteiger partial charge in [0.1, 0.15) is 0 Å². The van der Waals surface area contributed by atoms with E-state index in [4.69, 9.17) is 11.5 Å². The number of hydrogen-bond acceptors (Lipinski definition) is 0. The minimum atomic E-state index is 0.361. The second-order valence-electron chi connectivity index (χ2n) is 1.17. The van der Waals surface area contributed by atoms with Crippen LogP contribution in [-0.2, 0) is 17.8 Å². The van der Waals surface area contributed by atoms with Crippen LogP contribution in [0.15, 0.2) is 0 Å². The Kier molecular flexibility index (Phi) is 22.6. The van der Waals surface area contributed by atoms with Crippen LogP contribution in [0.2, 0.25) is 0 Å². The molecule has 0 aromatic heterocycles. The maximum Gasteiger partial charge on any atom is -0.169 e. The summed E-state index contributed by atoms with van der Waals surface area (Å²) in [6.45, 7) is 1.91. The summed E-state index contributed by atoms with van der Waals surface area (Å²) in [6.07, 6.45) is 0. The zero-order valence-electron chi connectivity index (χ0n) is 4.97. The zero-order valence-corrected chi connectivity index (χ0v) is 8.83. The van der Waals surface area contributed by atoms with Crippen LogP contribution >= 0.6 is 13.3 Å². The Bertz CT molecular complexity index is 35.0. The SMILES string of the molecule is [Br][Pt].[NH-]CC[N-]CC[NH-]. The molecule has 0 heterocycles. The summed E-state index contributed by atoms with van der Waals surface area (Å²) in [7, 11) is 0. The molecule has 0 aliphatic carbocycles. The van der Waals surface area contributed by atoms with Gasteiger partial charge in [-0.1, -0.05) is 0 Å². The standard InChI is InChI=1S/C4H10N3.BrH.Pt/c5-1-3-7-4-2-6;;/h5-6H,1-4H2;1H;/q-3;;+1/p-1. The van der Waals surface area contributed by atoms with Gasteiger partial charge in [-0.2, -0.15) is 26.2 Å². The Balaban J connectivity index is 0. The van der Waals surface area contributed by atoms with Crippen molar-refractivity contribution in [3.63, 3.8) is 0 Å². The van der Waals surface area contributed by atoms with Gasteiger partial charge in [0.25, 0.3) is 0 Å². The molecular formula is C4H10BrN3Pt-3. The van der Waals surface area contributed by atoms with Gasteiger partial charge >= 0.3 is 31.1 Å². The van der Waals surface area contributed by atoms with E-state index in [0.29, 0.717) is 26.2 Å². The predicted octanol–water partition coefficient (Wildman–Crippen LogP) is 2.31. The number of halogens is 1. The van der Waals surface area contributed by atoms with Crippen molar-refractivity contribution in [3.05, 3.63) is 16.8 Å². The fourth-order valence-electron chi connectivity index (χ4n) is 0.270. The molecule has 0 bridgehead atoms. The summed E-state index contributed by atoms with van der Waals surface area (Å²) in [4.78, 5) is 0. The maximum atomic E-state index is 6.63. The van der Waals surface area contributed by atoms with Crippen LogP contribution in [0.5, 0.6) is 0 Å². The molecule has 0 radical (unpaired) electrons. The molecule has 2 N–H and O–H groups in total. The molecule has 5 heteroatoms. The molecule has 0 fully saturated rings. The van der Waals surface area contributed by atoms with Crippen molar-refractivity contribution in [1.82, 2.24) is 0 Å². The molecule has 0 aliphatic rings. The minimum absolute atomic E-state index is 0.361. The van der Waals surface area contributed by atoms with Crippen molar-refractivity contribution in [3.8, 4) is 0 Å². The Morgan fingerprint density at radius 3 is 1.67 bits per heavy atom.